The van der Waals surface area contributed by atoms with Crippen molar-refractivity contribution >= 4 is 5.91 Å². The Kier molecular flexibility index (Phi) is 4.90. The van der Waals surface area contributed by atoms with Crippen molar-refractivity contribution in [2.45, 2.75) is 24.8 Å². The molecule has 0 heterocycles. The summed E-state index contributed by atoms with van der Waals surface area (Å²) in [5, 5.41) is 12.2. The summed E-state index contributed by atoms with van der Waals surface area (Å²) in [7, 11) is 0. The van der Waals surface area contributed by atoms with Crippen LogP contribution >= 0.6 is 0 Å². The van der Waals surface area contributed by atoms with E-state index in [-0.39, 0.29) is 30.4 Å². The Morgan fingerprint density at radius 2 is 1.92 bits per heavy atom. The summed E-state index contributed by atoms with van der Waals surface area (Å²) in [4.78, 5) is 12.4. The van der Waals surface area contributed by atoms with Gasteiger partial charge in [-0.3, -0.25) is 4.79 Å². The molecule has 0 radical (unpaired) electrons. The van der Waals surface area contributed by atoms with Gasteiger partial charge in [0.05, 0.1) is 6.04 Å². The molecular weight excluding hydrogens is 312 g/mol. The molecule has 1 aliphatic rings. The predicted molar refractivity (Wildman–Crippen MR) is 86.2 cm³/mol. The van der Waals surface area contributed by atoms with Gasteiger partial charge in [0.2, 0.25) is 5.91 Å². The SMILES string of the molecule is O=C(N[C@H](CCO)c1ccccc1)[C@H]1C[C@@H]1c1ccc(F)c(F)c1. The van der Waals surface area contributed by atoms with Gasteiger partial charge in [0, 0.05) is 12.5 Å². The highest BCUT2D eigenvalue weighted by molar-refractivity contribution is 5.83. The molecule has 2 aromatic carbocycles. The van der Waals surface area contributed by atoms with Crippen LogP contribution in [0.5, 0.6) is 0 Å². The van der Waals surface area contributed by atoms with E-state index in [0.29, 0.717) is 18.4 Å². The third kappa shape index (κ3) is 3.62. The fourth-order valence-corrected chi connectivity index (χ4v) is 3.01. The Labute approximate surface area is 139 Å². The van der Waals surface area contributed by atoms with Crippen LogP contribution in [-0.2, 0) is 4.79 Å². The van der Waals surface area contributed by atoms with Gasteiger partial charge < -0.3 is 10.4 Å². The Hall–Kier alpha value is -2.27. The van der Waals surface area contributed by atoms with Crippen LogP contribution in [0.2, 0.25) is 0 Å². The highest BCUT2D eigenvalue weighted by atomic mass is 19.2. The van der Waals surface area contributed by atoms with Crippen molar-refractivity contribution in [3.8, 4) is 0 Å². The second kappa shape index (κ2) is 7.09. The van der Waals surface area contributed by atoms with Crippen molar-refractivity contribution in [3.63, 3.8) is 0 Å². The van der Waals surface area contributed by atoms with E-state index in [2.05, 4.69) is 5.32 Å². The third-order valence-corrected chi connectivity index (χ3v) is 4.44. The largest absolute Gasteiger partial charge is 0.396 e. The van der Waals surface area contributed by atoms with E-state index in [1.54, 1.807) is 0 Å². The van der Waals surface area contributed by atoms with E-state index in [1.165, 1.54) is 6.07 Å². The van der Waals surface area contributed by atoms with Crippen molar-refractivity contribution in [1.82, 2.24) is 5.32 Å². The molecule has 1 aliphatic carbocycles. The fourth-order valence-electron chi connectivity index (χ4n) is 3.01. The summed E-state index contributed by atoms with van der Waals surface area (Å²) in [6, 6.07) is 13.0. The van der Waals surface area contributed by atoms with Crippen molar-refractivity contribution in [2.75, 3.05) is 6.61 Å². The standard InChI is InChI=1S/C19H19F2NO2/c20-16-7-6-13(10-17(16)21)14-11-15(14)19(24)22-18(8-9-23)12-4-2-1-3-5-12/h1-7,10,14-15,18,23H,8-9,11H2,(H,22,24)/t14-,15+,18-/m1/s1. The molecule has 0 aliphatic heterocycles. The summed E-state index contributed by atoms with van der Waals surface area (Å²) < 4.78 is 26.3. The average Bonchev–Trinajstić information content (AvgIpc) is 3.38. The zero-order valence-corrected chi connectivity index (χ0v) is 13.1. The number of hydrogen-bond donors (Lipinski definition) is 2. The summed E-state index contributed by atoms with van der Waals surface area (Å²) in [5.74, 6) is -2.20. The fraction of sp³-hybridized carbons (Fsp3) is 0.316. The van der Waals surface area contributed by atoms with E-state index in [9.17, 15) is 18.7 Å². The van der Waals surface area contributed by atoms with E-state index in [0.717, 1.165) is 17.7 Å². The minimum absolute atomic E-state index is 0.0306. The summed E-state index contributed by atoms with van der Waals surface area (Å²) in [6.07, 6.45) is 1.05. The number of hydrogen-bond acceptors (Lipinski definition) is 2. The quantitative estimate of drug-likeness (QED) is 0.853. The molecule has 1 amide bonds. The highest BCUT2D eigenvalue weighted by Crippen LogP contribution is 2.48. The normalized spacial score (nSPS) is 20.5. The van der Waals surface area contributed by atoms with E-state index >= 15 is 0 Å². The third-order valence-electron chi connectivity index (χ3n) is 4.44. The molecule has 3 nitrogen and oxygen atoms in total. The van der Waals surface area contributed by atoms with Crippen LogP contribution in [0.15, 0.2) is 48.5 Å². The predicted octanol–water partition coefficient (Wildman–Crippen LogP) is 3.31. The molecule has 0 spiro atoms. The van der Waals surface area contributed by atoms with Crippen LogP contribution in [0, 0.1) is 17.6 Å². The maximum absolute atomic E-state index is 13.3. The first kappa shape index (κ1) is 16.6. The number of amides is 1. The maximum atomic E-state index is 13.3. The molecule has 3 atom stereocenters. The van der Waals surface area contributed by atoms with Gasteiger partial charge in [-0.1, -0.05) is 36.4 Å². The molecule has 1 fully saturated rings. The van der Waals surface area contributed by atoms with Gasteiger partial charge in [-0.05, 0) is 42.0 Å². The molecule has 2 N–H and O–H groups in total. The highest BCUT2D eigenvalue weighted by Gasteiger charge is 2.44. The Morgan fingerprint density at radius 1 is 1.17 bits per heavy atom. The van der Waals surface area contributed by atoms with Crippen molar-refractivity contribution in [1.29, 1.82) is 0 Å². The lowest BCUT2D eigenvalue weighted by Crippen LogP contribution is -2.30. The Morgan fingerprint density at radius 3 is 2.58 bits per heavy atom. The van der Waals surface area contributed by atoms with Gasteiger partial charge in [0.25, 0.3) is 0 Å². The minimum Gasteiger partial charge on any atom is -0.396 e. The van der Waals surface area contributed by atoms with Gasteiger partial charge in [0.1, 0.15) is 0 Å². The number of rotatable bonds is 6. The molecule has 2 aromatic rings. The van der Waals surface area contributed by atoms with E-state index in [4.69, 9.17) is 0 Å². The van der Waals surface area contributed by atoms with Gasteiger partial charge in [0.15, 0.2) is 11.6 Å². The van der Waals surface area contributed by atoms with Crippen LogP contribution in [0.25, 0.3) is 0 Å². The van der Waals surface area contributed by atoms with Crippen molar-refractivity contribution in [2.24, 2.45) is 5.92 Å². The average molecular weight is 331 g/mol. The minimum atomic E-state index is -0.888. The summed E-state index contributed by atoms with van der Waals surface area (Å²) in [5.41, 5.74) is 1.58. The lowest BCUT2D eigenvalue weighted by molar-refractivity contribution is -0.123. The van der Waals surface area contributed by atoms with E-state index < -0.39 is 11.6 Å². The monoisotopic (exact) mass is 331 g/mol. The first-order valence-electron chi connectivity index (χ1n) is 8.01. The lowest BCUT2D eigenvalue weighted by Gasteiger charge is -2.18. The van der Waals surface area contributed by atoms with Crippen LogP contribution in [0.4, 0.5) is 8.78 Å². The zero-order chi connectivity index (χ0) is 17.1. The molecule has 1 saturated carbocycles. The van der Waals surface area contributed by atoms with Crippen molar-refractivity contribution in [3.05, 3.63) is 71.3 Å². The second-order valence-electron chi connectivity index (χ2n) is 6.11. The molecule has 0 unspecified atom stereocenters. The van der Waals surface area contributed by atoms with Crippen LogP contribution in [0.1, 0.15) is 35.9 Å². The smallest absolute Gasteiger partial charge is 0.224 e. The lowest BCUT2D eigenvalue weighted by atomic mass is 10.0. The second-order valence-corrected chi connectivity index (χ2v) is 6.11. The molecule has 0 bridgehead atoms. The van der Waals surface area contributed by atoms with Gasteiger partial charge in [-0.15, -0.1) is 0 Å². The molecule has 0 saturated heterocycles. The molecule has 126 valence electrons. The van der Waals surface area contributed by atoms with Gasteiger partial charge >= 0.3 is 0 Å². The molecular formula is C19H19F2NO2. The number of halogens is 2. The summed E-state index contributed by atoms with van der Waals surface area (Å²) in [6.45, 7) is -0.0306. The van der Waals surface area contributed by atoms with Crippen LogP contribution < -0.4 is 5.32 Å². The number of benzene rings is 2. The molecule has 5 heteroatoms. The molecule has 3 rings (SSSR count). The number of carbonyl (C=O) groups is 1. The molecule has 24 heavy (non-hydrogen) atoms. The number of nitrogens with one attached hydrogen (secondary N) is 1. The number of carbonyl (C=O) groups excluding carboxylic acids is 1. The Balaban J connectivity index is 1.65. The van der Waals surface area contributed by atoms with E-state index in [1.807, 2.05) is 30.3 Å². The number of aliphatic hydroxyl groups excluding tert-OH is 1. The van der Waals surface area contributed by atoms with Crippen LogP contribution in [-0.4, -0.2) is 17.6 Å². The first-order valence-corrected chi connectivity index (χ1v) is 8.01. The summed E-state index contributed by atoms with van der Waals surface area (Å²) >= 11 is 0. The first-order chi connectivity index (χ1) is 11.6. The van der Waals surface area contributed by atoms with Gasteiger partial charge in [-0.25, -0.2) is 8.78 Å². The van der Waals surface area contributed by atoms with Gasteiger partial charge in [-0.2, -0.15) is 0 Å². The Bertz CT molecular complexity index is 721. The zero-order valence-electron chi connectivity index (χ0n) is 13.1. The van der Waals surface area contributed by atoms with Crippen LogP contribution in [0.3, 0.4) is 0 Å². The maximum Gasteiger partial charge on any atom is 0.224 e. The topological polar surface area (TPSA) is 49.3 Å². The molecule has 0 aromatic heterocycles. The van der Waals surface area contributed by atoms with Crippen molar-refractivity contribution < 1.29 is 18.7 Å². The number of aliphatic hydroxyl groups is 1.